The maximum absolute atomic E-state index is 12.7. The molecular formula is C24H37NO2. The van der Waals surface area contributed by atoms with Crippen LogP contribution < -0.4 is 0 Å². The highest BCUT2D eigenvalue weighted by atomic mass is 16.2. The molecule has 27 heavy (non-hydrogen) atoms. The highest BCUT2D eigenvalue weighted by molar-refractivity contribution is 5.80. The fraction of sp³-hybridized carbons (Fsp3) is 0.833. The molecule has 0 N–H and O–H groups in total. The quantitative estimate of drug-likeness (QED) is 0.655. The molecule has 0 aromatic carbocycles. The zero-order valence-electron chi connectivity index (χ0n) is 17.7. The molecule has 0 aromatic rings. The molecule has 1 amide bonds. The first kappa shape index (κ1) is 19.2. The fourth-order valence-corrected chi connectivity index (χ4v) is 8.52. The van der Waals surface area contributed by atoms with Gasteiger partial charge in [0.25, 0.3) is 0 Å². The van der Waals surface area contributed by atoms with Crippen LogP contribution in [-0.2, 0) is 9.59 Å². The zero-order chi connectivity index (χ0) is 19.6. The molecule has 3 heteroatoms. The molecular weight excluding hydrogens is 334 g/mol. The fourth-order valence-electron chi connectivity index (χ4n) is 8.52. The summed E-state index contributed by atoms with van der Waals surface area (Å²) in [7, 11) is 0. The Balaban J connectivity index is 1.71. The Bertz CT molecular complexity index is 671. The van der Waals surface area contributed by atoms with Crippen LogP contribution in [0.2, 0.25) is 0 Å². The number of hydrogen-bond donors (Lipinski definition) is 0. The van der Waals surface area contributed by atoms with Crippen LogP contribution in [0.4, 0.5) is 0 Å². The lowest BCUT2D eigenvalue weighted by molar-refractivity contribution is -0.183. The minimum atomic E-state index is -0.00892. The summed E-state index contributed by atoms with van der Waals surface area (Å²) in [6.45, 7) is 13.8. The van der Waals surface area contributed by atoms with Crippen LogP contribution in [0.5, 0.6) is 0 Å². The average molecular weight is 372 g/mol. The standard InChI is InChI=1S/C24H37NO2/c1-6-24-15-11-19-17(20(24)9-8-18(24)16(3)26)10-14-23(5)22(19,4)13-12-21(27)25(23)7-2/h6,17-20H,1,7-15H2,2-5H3/t17?,18?,19?,20?,22?,23-,24?/m1/s1. The first-order chi connectivity index (χ1) is 12.7. The van der Waals surface area contributed by atoms with E-state index in [-0.39, 0.29) is 22.3 Å². The number of ketones is 1. The number of nitrogens with zero attached hydrogens (tertiary/aromatic N) is 1. The van der Waals surface area contributed by atoms with Gasteiger partial charge < -0.3 is 4.90 Å². The first-order valence-corrected chi connectivity index (χ1v) is 11.2. The monoisotopic (exact) mass is 371 g/mol. The van der Waals surface area contributed by atoms with Crippen LogP contribution in [-0.4, -0.2) is 28.7 Å². The van der Waals surface area contributed by atoms with Gasteiger partial charge in [0.1, 0.15) is 5.78 Å². The number of hydrogen-bond acceptors (Lipinski definition) is 2. The summed E-state index contributed by atoms with van der Waals surface area (Å²) >= 11 is 0. The second-order valence-electron chi connectivity index (χ2n) is 10.3. The summed E-state index contributed by atoms with van der Waals surface area (Å²) in [6.07, 6.45) is 10.7. The number of carbonyl (C=O) groups excluding carboxylic acids is 2. The lowest BCUT2D eigenvalue weighted by Crippen LogP contribution is -2.69. The number of allylic oxidation sites excluding steroid dienone is 1. The molecule has 0 radical (unpaired) electrons. The van der Waals surface area contributed by atoms with Crippen molar-refractivity contribution in [3.63, 3.8) is 0 Å². The third kappa shape index (κ3) is 2.26. The van der Waals surface area contributed by atoms with Crippen molar-refractivity contribution in [3.8, 4) is 0 Å². The van der Waals surface area contributed by atoms with Crippen LogP contribution in [0.25, 0.3) is 0 Å². The molecule has 3 aliphatic carbocycles. The summed E-state index contributed by atoms with van der Waals surface area (Å²) in [4.78, 5) is 27.3. The van der Waals surface area contributed by atoms with Gasteiger partial charge in [0.15, 0.2) is 0 Å². The van der Waals surface area contributed by atoms with Crippen molar-refractivity contribution in [2.24, 2.45) is 34.5 Å². The number of Topliss-reactive ketones (excluding diaryl/α,β-unsaturated/α-hetero) is 1. The summed E-state index contributed by atoms with van der Waals surface area (Å²) in [6, 6.07) is 0. The molecule has 3 nitrogen and oxygen atoms in total. The van der Waals surface area contributed by atoms with Crippen molar-refractivity contribution >= 4 is 11.7 Å². The smallest absolute Gasteiger partial charge is 0.223 e. The molecule has 1 saturated heterocycles. The lowest BCUT2D eigenvalue weighted by Gasteiger charge is -2.67. The molecule has 150 valence electrons. The van der Waals surface area contributed by atoms with E-state index < -0.39 is 0 Å². The molecule has 3 saturated carbocycles. The van der Waals surface area contributed by atoms with Crippen LogP contribution in [0.1, 0.15) is 79.1 Å². The van der Waals surface area contributed by atoms with Crippen molar-refractivity contribution < 1.29 is 9.59 Å². The third-order valence-electron chi connectivity index (χ3n) is 9.98. The largest absolute Gasteiger partial charge is 0.337 e. The Morgan fingerprint density at radius 2 is 1.89 bits per heavy atom. The van der Waals surface area contributed by atoms with Gasteiger partial charge in [-0.3, -0.25) is 9.59 Å². The first-order valence-electron chi connectivity index (χ1n) is 11.2. The van der Waals surface area contributed by atoms with E-state index in [2.05, 4.69) is 38.3 Å². The van der Waals surface area contributed by atoms with Gasteiger partial charge in [-0.1, -0.05) is 13.0 Å². The maximum Gasteiger partial charge on any atom is 0.223 e. The van der Waals surface area contributed by atoms with Gasteiger partial charge in [-0.15, -0.1) is 6.58 Å². The predicted octanol–water partition coefficient (Wildman–Crippen LogP) is 5.00. The van der Waals surface area contributed by atoms with Crippen molar-refractivity contribution in [2.75, 3.05) is 6.54 Å². The van der Waals surface area contributed by atoms with E-state index in [4.69, 9.17) is 0 Å². The average Bonchev–Trinajstić information content (AvgIpc) is 3.03. The summed E-state index contributed by atoms with van der Waals surface area (Å²) in [5.74, 6) is 2.86. The second kappa shape index (κ2) is 6.19. The summed E-state index contributed by atoms with van der Waals surface area (Å²) < 4.78 is 0. The second-order valence-corrected chi connectivity index (χ2v) is 10.3. The number of carbonyl (C=O) groups is 2. The number of likely N-dealkylation sites (tertiary alicyclic amines) is 1. The van der Waals surface area contributed by atoms with E-state index >= 15 is 0 Å². The van der Waals surface area contributed by atoms with E-state index in [1.165, 1.54) is 19.3 Å². The molecule has 1 heterocycles. The molecule has 0 bridgehead atoms. The summed E-state index contributed by atoms with van der Waals surface area (Å²) in [5.41, 5.74) is 0.221. The Morgan fingerprint density at radius 1 is 1.15 bits per heavy atom. The minimum absolute atomic E-state index is 0.00892. The van der Waals surface area contributed by atoms with Crippen molar-refractivity contribution in [1.82, 2.24) is 4.90 Å². The Hall–Kier alpha value is -1.12. The van der Waals surface area contributed by atoms with Crippen molar-refractivity contribution in [2.45, 2.75) is 84.6 Å². The molecule has 4 rings (SSSR count). The summed E-state index contributed by atoms with van der Waals surface area (Å²) in [5, 5.41) is 0. The van der Waals surface area contributed by atoms with Gasteiger partial charge in [-0.25, -0.2) is 0 Å². The number of amides is 1. The normalized spacial score (nSPS) is 49.2. The molecule has 4 fully saturated rings. The lowest BCUT2D eigenvalue weighted by atomic mass is 9.43. The Kier molecular flexibility index (Phi) is 4.40. The zero-order valence-corrected chi connectivity index (χ0v) is 17.7. The van der Waals surface area contributed by atoms with Crippen LogP contribution in [0.15, 0.2) is 12.7 Å². The van der Waals surface area contributed by atoms with E-state index in [1.807, 2.05) is 0 Å². The van der Waals surface area contributed by atoms with Crippen LogP contribution in [0.3, 0.4) is 0 Å². The molecule has 7 atom stereocenters. The number of fused-ring (bicyclic) bond motifs is 5. The molecule has 0 spiro atoms. The van der Waals surface area contributed by atoms with E-state index in [0.29, 0.717) is 35.9 Å². The van der Waals surface area contributed by atoms with Crippen LogP contribution >= 0.6 is 0 Å². The van der Waals surface area contributed by atoms with Gasteiger partial charge in [0.2, 0.25) is 5.91 Å². The minimum Gasteiger partial charge on any atom is -0.337 e. The molecule has 4 aliphatic rings. The Labute approximate surface area is 165 Å². The maximum atomic E-state index is 12.7. The predicted molar refractivity (Wildman–Crippen MR) is 108 cm³/mol. The highest BCUT2D eigenvalue weighted by Crippen LogP contribution is 2.68. The highest BCUT2D eigenvalue weighted by Gasteiger charge is 2.65. The van der Waals surface area contributed by atoms with E-state index in [9.17, 15) is 9.59 Å². The number of piperidine rings is 1. The van der Waals surface area contributed by atoms with E-state index in [0.717, 1.165) is 32.2 Å². The molecule has 6 unspecified atom stereocenters. The third-order valence-corrected chi connectivity index (χ3v) is 9.98. The van der Waals surface area contributed by atoms with Gasteiger partial charge in [0, 0.05) is 29.8 Å². The molecule has 0 aromatic heterocycles. The van der Waals surface area contributed by atoms with Gasteiger partial charge >= 0.3 is 0 Å². The molecule has 1 aliphatic heterocycles. The number of rotatable bonds is 3. The van der Waals surface area contributed by atoms with Crippen LogP contribution in [0, 0.1) is 34.5 Å². The topological polar surface area (TPSA) is 37.4 Å². The SMILES string of the molecule is C=CC12CCC3C(CC[C@@]4(C)N(CC)C(=O)CCC34C)C1CCC2C(C)=O. The van der Waals surface area contributed by atoms with Crippen molar-refractivity contribution in [3.05, 3.63) is 12.7 Å². The van der Waals surface area contributed by atoms with E-state index in [1.54, 1.807) is 6.92 Å². The van der Waals surface area contributed by atoms with Gasteiger partial charge in [0.05, 0.1) is 0 Å². The van der Waals surface area contributed by atoms with Gasteiger partial charge in [-0.05, 0) is 88.9 Å². The van der Waals surface area contributed by atoms with Gasteiger partial charge in [-0.2, -0.15) is 0 Å². The van der Waals surface area contributed by atoms with Crippen molar-refractivity contribution in [1.29, 1.82) is 0 Å². The Morgan fingerprint density at radius 3 is 2.52 bits per heavy atom.